The van der Waals surface area contributed by atoms with Gasteiger partial charge in [-0.25, -0.2) is 0 Å². The average molecular weight is 342 g/mol. The van der Waals surface area contributed by atoms with Crippen molar-refractivity contribution in [1.82, 2.24) is 4.90 Å². The Balaban J connectivity index is 1.94. The van der Waals surface area contributed by atoms with E-state index in [-0.39, 0.29) is 12.5 Å². The standard InChI is InChI=1S/C14H16BrNO4/c1-9(20-12-4-2-3-11(15)7-12)13(17)16-6-5-10(8-16)14(18)19/h2-4,7,9-10H,5-6,8H2,1H3,(H,18,19)/t9-,10-/m1/s1. The molecule has 0 aromatic heterocycles. The zero-order valence-electron chi connectivity index (χ0n) is 11.1. The highest BCUT2D eigenvalue weighted by atomic mass is 79.9. The number of likely N-dealkylation sites (tertiary alicyclic amines) is 1. The number of carbonyl (C=O) groups excluding carboxylic acids is 1. The molecule has 0 spiro atoms. The second kappa shape index (κ2) is 6.26. The first kappa shape index (κ1) is 14.8. The number of rotatable bonds is 4. The second-order valence-corrected chi connectivity index (χ2v) is 5.74. The minimum absolute atomic E-state index is 0.172. The summed E-state index contributed by atoms with van der Waals surface area (Å²) in [6.45, 7) is 2.42. The molecule has 1 aliphatic heterocycles. The van der Waals surface area contributed by atoms with E-state index in [1.165, 1.54) is 0 Å². The van der Waals surface area contributed by atoms with Crippen molar-refractivity contribution in [2.24, 2.45) is 5.92 Å². The molecule has 1 aromatic carbocycles. The highest BCUT2D eigenvalue weighted by Gasteiger charge is 2.33. The van der Waals surface area contributed by atoms with Gasteiger partial charge in [-0.05, 0) is 31.5 Å². The van der Waals surface area contributed by atoms with E-state index in [4.69, 9.17) is 9.84 Å². The first-order chi connectivity index (χ1) is 9.47. The summed E-state index contributed by atoms with van der Waals surface area (Å²) in [6, 6.07) is 7.26. The fourth-order valence-electron chi connectivity index (χ4n) is 2.21. The van der Waals surface area contributed by atoms with Gasteiger partial charge in [0.25, 0.3) is 5.91 Å². The summed E-state index contributed by atoms with van der Waals surface area (Å²) in [5, 5.41) is 8.94. The molecule has 2 rings (SSSR count). The van der Waals surface area contributed by atoms with Gasteiger partial charge in [-0.3, -0.25) is 9.59 Å². The van der Waals surface area contributed by atoms with Crippen molar-refractivity contribution in [2.45, 2.75) is 19.4 Å². The van der Waals surface area contributed by atoms with E-state index in [1.807, 2.05) is 12.1 Å². The molecule has 1 fully saturated rings. The lowest BCUT2D eigenvalue weighted by atomic mass is 10.1. The molecule has 0 aliphatic carbocycles. The van der Waals surface area contributed by atoms with Crippen molar-refractivity contribution in [3.8, 4) is 5.75 Å². The molecule has 108 valence electrons. The van der Waals surface area contributed by atoms with Crippen LogP contribution in [0, 0.1) is 5.92 Å². The number of nitrogens with zero attached hydrogens (tertiary/aromatic N) is 1. The van der Waals surface area contributed by atoms with Crippen molar-refractivity contribution in [3.05, 3.63) is 28.7 Å². The predicted molar refractivity (Wildman–Crippen MR) is 76.6 cm³/mol. The van der Waals surface area contributed by atoms with Crippen LogP contribution in [0.2, 0.25) is 0 Å². The molecule has 1 aliphatic rings. The van der Waals surface area contributed by atoms with Crippen LogP contribution < -0.4 is 4.74 Å². The summed E-state index contributed by atoms with van der Waals surface area (Å²) in [5.74, 6) is -0.874. The lowest BCUT2D eigenvalue weighted by Crippen LogP contribution is -2.39. The fourth-order valence-corrected chi connectivity index (χ4v) is 2.59. The number of benzene rings is 1. The Hall–Kier alpha value is -1.56. The maximum absolute atomic E-state index is 12.2. The lowest BCUT2D eigenvalue weighted by Gasteiger charge is -2.21. The molecular formula is C14H16BrNO4. The van der Waals surface area contributed by atoms with Crippen LogP contribution in [0.25, 0.3) is 0 Å². The molecule has 0 bridgehead atoms. The molecular weight excluding hydrogens is 326 g/mol. The maximum atomic E-state index is 12.2. The Morgan fingerprint density at radius 1 is 1.50 bits per heavy atom. The van der Waals surface area contributed by atoms with Crippen molar-refractivity contribution < 1.29 is 19.4 Å². The minimum Gasteiger partial charge on any atom is -0.481 e. The third-order valence-corrected chi connectivity index (χ3v) is 3.80. The van der Waals surface area contributed by atoms with E-state index >= 15 is 0 Å². The van der Waals surface area contributed by atoms with Crippen molar-refractivity contribution in [2.75, 3.05) is 13.1 Å². The number of aliphatic carboxylic acids is 1. The average Bonchev–Trinajstić information content (AvgIpc) is 2.87. The van der Waals surface area contributed by atoms with E-state index in [1.54, 1.807) is 24.0 Å². The summed E-state index contributed by atoms with van der Waals surface area (Å²) in [7, 11) is 0. The van der Waals surface area contributed by atoms with Crippen LogP contribution in [0.3, 0.4) is 0 Å². The zero-order chi connectivity index (χ0) is 14.7. The Bertz CT molecular complexity index is 520. The van der Waals surface area contributed by atoms with E-state index < -0.39 is 18.0 Å². The number of hydrogen-bond donors (Lipinski definition) is 1. The summed E-state index contributed by atoms with van der Waals surface area (Å²) >= 11 is 3.34. The number of carboxylic acids is 1. The zero-order valence-corrected chi connectivity index (χ0v) is 12.7. The van der Waals surface area contributed by atoms with Gasteiger partial charge in [0.1, 0.15) is 5.75 Å². The third kappa shape index (κ3) is 3.50. The van der Waals surface area contributed by atoms with Crippen LogP contribution in [-0.4, -0.2) is 41.1 Å². The molecule has 1 amide bonds. The predicted octanol–water partition coefficient (Wildman–Crippen LogP) is 2.15. The van der Waals surface area contributed by atoms with Gasteiger partial charge in [-0.2, -0.15) is 0 Å². The number of ether oxygens (including phenoxy) is 1. The van der Waals surface area contributed by atoms with Crippen molar-refractivity contribution >= 4 is 27.8 Å². The highest BCUT2D eigenvalue weighted by molar-refractivity contribution is 9.10. The fraction of sp³-hybridized carbons (Fsp3) is 0.429. The number of carbonyl (C=O) groups is 2. The van der Waals surface area contributed by atoms with Gasteiger partial charge >= 0.3 is 5.97 Å². The van der Waals surface area contributed by atoms with Gasteiger partial charge in [-0.15, -0.1) is 0 Å². The molecule has 2 atom stereocenters. The number of amides is 1. The van der Waals surface area contributed by atoms with Crippen molar-refractivity contribution in [1.29, 1.82) is 0 Å². The number of carboxylic acid groups (broad SMARTS) is 1. The Morgan fingerprint density at radius 3 is 2.85 bits per heavy atom. The topological polar surface area (TPSA) is 66.8 Å². The molecule has 1 heterocycles. The van der Waals surface area contributed by atoms with Crippen LogP contribution in [-0.2, 0) is 9.59 Å². The third-order valence-electron chi connectivity index (χ3n) is 3.31. The molecule has 5 nitrogen and oxygen atoms in total. The molecule has 1 N–H and O–H groups in total. The normalized spacial score (nSPS) is 19.7. The van der Waals surface area contributed by atoms with E-state index in [9.17, 15) is 9.59 Å². The van der Waals surface area contributed by atoms with Crippen LogP contribution in [0.15, 0.2) is 28.7 Å². The highest BCUT2D eigenvalue weighted by Crippen LogP contribution is 2.21. The molecule has 6 heteroatoms. The van der Waals surface area contributed by atoms with E-state index in [0.717, 1.165) is 4.47 Å². The molecule has 0 saturated carbocycles. The largest absolute Gasteiger partial charge is 0.481 e. The maximum Gasteiger partial charge on any atom is 0.308 e. The monoisotopic (exact) mass is 341 g/mol. The second-order valence-electron chi connectivity index (χ2n) is 4.83. The Labute approximate surface area is 125 Å². The quantitative estimate of drug-likeness (QED) is 0.911. The van der Waals surface area contributed by atoms with Gasteiger partial charge < -0.3 is 14.7 Å². The Morgan fingerprint density at radius 2 is 2.25 bits per heavy atom. The smallest absolute Gasteiger partial charge is 0.308 e. The molecule has 1 saturated heterocycles. The molecule has 1 aromatic rings. The summed E-state index contributed by atoms with van der Waals surface area (Å²) in [6.07, 6.45) is -0.123. The molecule has 0 radical (unpaired) electrons. The number of halogens is 1. The van der Waals surface area contributed by atoms with Crippen molar-refractivity contribution in [3.63, 3.8) is 0 Å². The molecule has 20 heavy (non-hydrogen) atoms. The van der Waals surface area contributed by atoms with Gasteiger partial charge in [0.2, 0.25) is 0 Å². The number of hydrogen-bond acceptors (Lipinski definition) is 3. The Kier molecular flexibility index (Phi) is 4.65. The SMILES string of the molecule is C[C@@H](Oc1cccc(Br)c1)C(=O)N1CC[C@@H](C(=O)O)C1. The van der Waals surface area contributed by atoms with Crippen LogP contribution in [0.1, 0.15) is 13.3 Å². The van der Waals surface area contributed by atoms with E-state index in [0.29, 0.717) is 18.7 Å². The summed E-state index contributed by atoms with van der Waals surface area (Å²) < 4.78 is 6.47. The van der Waals surface area contributed by atoms with Gasteiger partial charge in [0, 0.05) is 17.6 Å². The summed E-state index contributed by atoms with van der Waals surface area (Å²) in [4.78, 5) is 24.6. The van der Waals surface area contributed by atoms with Gasteiger partial charge in [0.05, 0.1) is 5.92 Å². The van der Waals surface area contributed by atoms with Gasteiger partial charge in [-0.1, -0.05) is 22.0 Å². The minimum atomic E-state index is -0.846. The van der Waals surface area contributed by atoms with Gasteiger partial charge in [0.15, 0.2) is 6.10 Å². The first-order valence-corrected chi connectivity index (χ1v) is 7.20. The van der Waals surface area contributed by atoms with Crippen LogP contribution >= 0.6 is 15.9 Å². The summed E-state index contributed by atoms with van der Waals surface area (Å²) in [5.41, 5.74) is 0. The molecule has 0 unspecified atom stereocenters. The lowest BCUT2D eigenvalue weighted by molar-refractivity contribution is -0.142. The van der Waals surface area contributed by atoms with Crippen LogP contribution in [0.4, 0.5) is 0 Å². The first-order valence-electron chi connectivity index (χ1n) is 6.41. The van der Waals surface area contributed by atoms with Crippen LogP contribution in [0.5, 0.6) is 5.75 Å². The van der Waals surface area contributed by atoms with E-state index in [2.05, 4.69) is 15.9 Å².